The Hall–Kier alpha value is -1.69. The van der Waals surface area contributed by atoms with Gasteiger partial charge in [0.2, 0.25) is 5.91 Å². The molecule has 5 heteroatoms. The average molecular weight is 646 g/mol. The van der Waals surface area contributed by atoms with Crippen molar-refractivity contribution in [1.82, 2.24) is 5.32 Å². The Bertz CT molecular complexity index is 760. The summed E-state index contributed by atoms with van der Waals surface area (Å²) in [6, 6.07) is -0.822. The molecule has 0 spiro atoms. The van der Waals surface area contributed by atoms with Crippen molar-refractivity contribution in [3.05, 3.63) is 48.6 Å². The number of unbranched alkanes of at least 4 members (excludes halogenated alkanes) is 20. The molecule has 0 heterocycles. The topological polar surface area (TPSA) is 89.8 Å². The monoisotopic (exact) mass is 646 g/mol. The first-order chi connectivity index (χ1) is 22.6. The van der Waals surface area contributed by atoms with Gasteiger partial charge in [0.25, 0.3) is 0 Å². The molecule has 46 heavy (non-hydrogen) atoms. The van der Waals surface area contributed by atoms with Crippen LogP contribution in [0.5, 0.6) is 0 Å². The highest BCUT2D eigenvalue weighted by Gasteiger charge is 2.22. The maximum atomic E-state index is 12.4. The number of amides is 1. The number of aliphatic hydroxyl groups excluding tert-OH is 3. The first kappa shape index (κ1) is 44.3. The van der Waals surface area contributed by atoms with E-state index in [-0.39, 0.29) is 6.61 Å². The van der Waals surface area contributed by atoms with E-state index in [2.05, 4.69) is 55.6 Å². The fourth-order valence-corrected chi connectivity index (χ4v) is 5.50. The molecule has 0 aromatic heterocycles. The number of nitrogens with one attached hydrogen (secondary N) is 1. The SMILES string of the molecule is CCCCCC/C=C\CCCCCCCCC(O)C(=O)NC(CO)C(O)/C=C/CC/C=C/CC/C=C/CCCCCCCCCC. The highest BCUT2D eigenvalue weighted by Crippen LogP contribution is 2.12. The fraction of sp³-hybridized carbons (Fsp3) is 0.780. The third-order valence-electron chi connectivity index (χ3n) is 8.62. The van der Waals surface area contributed by atoms with E-state index in [1.54, 1.807) is 6.08 Å². The molecule has 0 saturated carbocycles. The van der Waals surface area contributed by atoms with Crippen molar-refractivity contribution in [3.63, 3.8) is 0 Å². The van der Waals surface area contributed by atoms with Gasteiger partial charge in [-0.2, -0.15) is 0 Å². The lowest BCUT2D eigenvalue weighted by molar-refractivity contribution is -0.131. The Labute approximate surface area is 285 Å². The first-order valence-corrected chi connectivity index (χ1v) is 19.5. The van der Waals surface area contributed by atoms with Crippen molar-refractivity contribution in [2.75, 3.05) is 6.61 Å². The van der Waals surface area contributed by atoms with Crippen LogP contribution in [-0.4, -0.2) is 46.1 Å². The number of allylic oxidation sites excluding steroid dienone is 7. The van der Waals surface area contributed by atoms with Gasteiger partial charge in [0, 0.05) is 0 Å². The molecule has 5 nitrogen and oxygen atoms in total. The molecule has 0 aromatic rings. The highest BCUT2D eigenvalue weighted by atomic mass is 16.3. The third kappa shape index (κ3) is 30.9. The number of rotatable bonds is 34. The summed E-state index contributed by atoms with van der Waals surface area (Å²) in [5.41, 5.74) is 0. The first-order valence-electron chi connectivity index (χ1n) is 19.5. The van der Waals surface area contributed by atoms with Crippen LogP contribution in [0.1, 0.15) is 181 Å². The van der Waals surface area contributed by atoms with Gasteiger partial charge in [-0.25, -0.2) is 0 Å². The second kappa shape index (κ2) is 36.2. The zero-order valence-corrected chi connectivity index (χ0v) is 30.2. The normalized spacial score (nSPS) is 14.3. The molecule has 0 radical (unpaired) electrons. The molecule has 1 amide bonds. The van der Waals surface area contributed by atoms with Crippen LogP contribution in [0.15, 0.2) is 48.6 Å². The zero-order valence-electron chi connectivity index (χ0n) is 30.2. The van der Waals surface area contributed by atoms with Crippen LogP contribution in [0.4, 0.5) is 0 Å². The molecular weight excluding hydrogens is 570 g/mol. The van der Waals surface area contributed by atoms with Crippen molar-refractivity contribution in [1.29, 1.82) is 0 Å². The molecular formula is C41H75NO4. The Balaban J connectivity index is 3.83. The lowest BCUT2D eigenvalue weighted by atomic mass is 10.0. The van der Waals surface area contributed by atoms with Crippen LogP contribution in [0.3, 0.4) is 0 Å². The van der Waals surface area contributed by atoms with Gasteiger partial charge < -0.3 is 20.6 Å². The molecule has 3 atom stereocenters. The van der Waals surface area contributed by atoms with Crippen LogP contribution in [-0.2, 0) is 4.79 Å². The Kier molecular flexibility index (Phi) is 34.8. The molecule has 0 rings (SSSR count). The minimum Gasteiger partial charge on any atom is -0.394 e. The summed E-state index contributed by atoms with van der Waals surface area (Å²) < 4.78 is 0. The van der Waals surface area contributed by atoms with E-state index in [1.165, 1.54) is 109 Å². The molecule has 0 aromatic carbocycles. The van der Waals surface area contributed by atoms with E-state index in [9.17, 15) is 20.1 Å². The van der Waals surface area contributed by atoms with Crippen molar-refractivity contribution >= 4 is 5.91 Å². The van der Waals surface area contributed by atoms with Gasteiger partial charge in [0.05, 0.1) is 18.8 Å². The van der Waals surface area contributed by atoms with Crippen LogP contribution in [0.2, 0.25) is 0 Å². The number of carbonyl (C=O) groups is 1. The van der Waals surface area contributed by atoms with Crippen LogP contribution in [0, 0.1) is 0 Å². The Morgan fingerprint density at radius 1 is 0.522 bits per heavy atom. The summed E-state index contributed by atoms with van der Waals surface area (Å²) in [6.07, 6.45) is 45.5. The lowest BCUT2D eigenvalue weighted by Crippen LogP contribution is -2.48. The molecule has 268 valence electrons. The molecule has 4 N–H and O–H groups in total. The second-order valence-corrected chi connectivity index (χ2v) is 13.1. The Morgan fingerprint density at radius 2 is 0.891 bits per heavy atom. The van der Waals surface area contributed by atoms with Gasteiger partial charge in [-0.05, 0) is 70.6 Å². The van der Waals surface area contributed by atoms with E-state index < -0.39 is 24.2 Å². The second-order valence-electron chi connectivity index (χ2n) is 13.1. The average Bonchev–Trinajstić information content (AvgIpc) is 3.06. The van der Waals surface area contributed by atoms with E-state index in [0.29, 0.717) is 6.42 Å². The summed E-state index contributed by atoms with van der Waals surface area (Å²) in [4.78, 5) is 12.4. The van der Waals surface area contributed by atoms with Gasteiger partial charge in [0.1, 0.15) is 6.10 Å². The highest BCUT2D eigenvalue weighted by molar-refractivity contribution is 5.80. The minimum atomic E-state index is -1.11. The molecule has 3 unspecified atom stereocenters. The van der Waals surface area contributed by atoms with E-state index in [0.717, 1.165) is 51.4 Å². The van der Waals surface area contributed by atoms with E-state index in [4.69, 9.17) is 0 Å². The van der Waals surface area contributed by atoms with Gasteiger partial charge in [0.15, 0.2) is 0 Å². The predicted octanol–water partition coefficient (Wildman–Crippen LogP) is 10.6. The largest absolute Gasteiger partial charge is 0.394 e. The summed E-state index contributed by atoms with van der Waals surface area (Å²) in [5.74, 6) is -0.525. The van der Waals surface area contributed by atoms with Crippen molar-refractivity contribution < 1.29 is 20.1 Å². The maximum absolute atomic E-state index is 12.4. The zero-order chi connectivity index (χ0) is 33.8. The van der Waals surface area contributed by atoms with Crippen molar-refractivity contribution in [3.8, 4) is 0 Å². The summed E-state index contributed by atoms with van der Waals surface area (Å²) in [5, 5.41) is 33.0. The smallest absolute Gasteiger partial charge is 0.249 e. The van der Waals surface area contributed by atoms with Crippen LogP contribution >= 0.6 is 0 Å². The standard InChI is InChI=1S/C41H75NO4/c1-3-5-7-9-11-13-15-17-19-20-21-22-24-25-27-29-31-33-35-39(44)38(37-43)42-41(46)40(45)36-34-32-30-28-26-23-18-16-14-12-10-8-6-4-2/h14,16,20-21,25,27,33,35,38-40,43-45H,3-13,15,17-19,22-24,26,28-32,34,36-37H2,1-2H3,(H,42,46)/b16-14-,21-20+,27-25+,35-33+. The number of carbonyl (C=O) groups excluding carboxylic acids is 1. The maximum Gasteiger partial charge on any atom is 0.249 e. The van der Waals surface area contributed by atoms with Gasteiger partial charge in [-0.3, -0.25) is 4.79 Å². The summed E-state index contributed by atoms with van der Waals surface area (Å²) >= 11 is 0. The molecule has 0 bridgehead atoms. The van der Waals surface area contributed by atoms with Gasteiger partial charge in [-0.15, -0.1) is 0 Å². The number of hydrogen-bond acceptors (Lipinski definition) is 4. The summed E-state index contributed by atoms with van der Waals surface area (Å²) in [6.45, 7) is 4.13. The quantitative estimate of drug-likeness (QED) is 0.0414. The Morgan fingerprint density at radius 3 is 1.35 bits per heavy atom. The van der Waals surface area contributed by atoms with E-state index >= 15 is 0 Å². The van der Waals surface area contributed by atoms with E-state index in [1.807, 2.05) is 6.08 Å². The molecule has 0 aliphatic carbocycles. The summed E-state index contributed by atoms with van der Waals surface area (Å²) in [7, 11) is 0. The molecule has 0 aliphatic heterocycles. The third-order valence-corrected chi connectivity index (χ3v) is 8.62. The number of aliphatic hydroxyl groups is 3. The molecule has 0 saturated heterocycles. The lowest BCUT2D eigenvalue weighted by Gasteiger charge is -2.21. The van der Waals surface area contributed by atoms with Gasteiger partial charge >= 0.3 is 0 Å². The minimum absolute atomic E-state index is 0.384. The van der Waals surface area contributed by atoms with Crippen molar-refractivity contribution in [2.24, 2.45) is 0 Å². The van der Waals surface area contributed by atoms with Crippen LogP contribution < -0.4 is 5.32 Å². The molecule has 0 aliphatic rings. The molecule has 0 fully saturated rings. The number of hydrogen-bond donors (Lipinski definition) is 4. The van der Waals surface area contributed by atoms with Crippen LogP contribution in [0.25, 0.3) is 0 Å². The predicted molar refractivity (Wildman–Crippen MR) is 199 cm³/mol. The van der Waals surface area contributed by atoms with Gasteiger partial charge in [-0.1, -0.05) is 159 Å². The van der Waals surface area contributed by atoms with Crippen molar-refractivity contribution in [2.45, 2.75) is 199 Å². The fourth-order valence-electron chi connectivity index (χ4n) is 5.50.